The van der Waals surface area contributed by atoms with Crippen LogP contribution in [0.4, 0.5) is 0 Å². The van der Waals surface area contributed by atoms with Gasteiger partial charge in [0.25, 0.3) is 0 Å². The molecule has 0 saturated carbocycles. The number of hydrogen-bond donors (Lipinski definition) is 2. The van der Waals surface area contributed by atoms with Gasteiger partial charge in [0.1, 0.15) is 0 Å². The summed E-state index contributed by atoms with van der Waals surface area (Å²) in [7, 11) is 0. The Bertz CT molecular complexity index is 398. The zero-order valence-corrected chi connectivity index (χ0v) is 9.90. The number of aliphatic carboxylic acids is 1. The molecule has 1 aliphatic heterocycles. The fraction of sp³-hybridized carbons (Fsp3) is 0.455. The van der Waals surface area contributed by atoms with Crippen molar-refractivity contribution in [1.29, 1.82) is 0 Å². The number of ether oxygens (including phenoxy) is 1. The van der Waals surface area contributed by atoms with E-state index >= 15 is 0 Å². The molecule has 0 aliphatic carbocycles. The summed E-state index contributed by atoms with van der Waals surface area (Å²) in [4.78, 5) is 23.5. The molecule has 0 spiro atoms. The van der Waals surface area contributed by atoms with Crippen LogP contribution in [0.1, 0.15) is 17.3 Å². The third-order valence-corrected chi connectivity index (χ3v) is 3.60. The fourth-order valence-corrected chi connectivity index (χ4v) is 2.48. The van der Waals surface area contributed by atoms with Crippen LogP contribution < -0.4 is 5.32 Å². The lowest BCUT2D eigenvalue weighted by Gasteiger charge is -2.15. The van der Waals surface area contributed by atoms with Crippen molar-refractivity contribution >= 4 is 23.2 Å². The zero-order chi connectivity index (χ0) is 12.3. The van der Waals surface area contributed by atoms with Crippen molar-refractivity contribution in [1.82, 2.24) is 5.32 Å². The molecule has 1 fully saturated rings. The molecule has 1 aromatic rings. The predicted octanol–water partition coefficient (Wildman–Crippen LogP) is 1.03. The summed E-state index contributed by atoms with van der Waals surface area (Å²) < 4.78 is 5.11. The van der Waals surface area contributed by atoms with Gasteiger partial charge in [-0.25, -0.2) is 4.79 Å². The molecule has 17 heavy (non-hydrogen) atoms. The van der Waals surface area contributed by atoms with Crippen molar-refractivity contribution in [3.05, 3.63) is 22.4 Å². The van der Waals surface area contributed by atoms with Crippen molar-refractivity contribution < 1.29 is 19.4 Å². The Morgan fingerprint density at radius 3 is 2.94 bits per heavy atom. The number of carboxylic acids is 1. The summed E-state index contributed by atoms with van der Waals surface area (Å²) in [6.45, 7) is 0.942. The predicted molar refractivity (Wildman–Crippen MR) is 61.8 cm³/mol. The van der Waals surface area contributed by atoms with Gasteiger partial charge >= 0.3 is 5.97 Å². The van der Waals surface area contributed by atoms with Crippen molar-refractivity contribution in [3.63, 3.8) is 0 Å². The molecule has 1 aliphatic rings. The maximum atomic E-state index is 11.8. The molecular weight excluding hydrogens is 242 g/mol. The lowest BCUT2D eigenvalue weighted by Crippen LogP contribution is -2.37. The molecule has 2 N–H and O–H groups in total. The Kier molecular flexibility index (Phi) is 3.75. The minimum Gasteiger partial charge on any atom is -0.479 e. The minimum atomic E-state index is -1.04. The lowest BCUT2D eigenvalue weighted by atomic mass is 10.1. The zero-order valence-electron chi connectivity index (χ0n) is 9.09. The number of carbonyl (C=O) groups is 2. The van der Waals surface area contributed by atoms with E-state index in [0.717, 1.165) is 0 Å². The van der Waals surface area contributed by atoms with Gasteiger partial charge in [0.15, 0.2) is 6.04 Å². The first-order valence-electron chi connectivity index (χ1n) is 5.33. The number of thiophene rings is 1. The maximum absolute atomic E-state index is 11.8. The normalized spacial score (nSPS) is 21.1. The van der Waals surface area contributed by atoms with Crippen LogP contribution in [0.25, 0.3) is 0 Å². The number of carbonyl (C=O) groups excluding carboxylic acids is 1. The van der Waals surface area contributed by atoms with E-state index in [4.69, 9.17) is 9.84 Å². The van der Waals surface area contributed by atoms with Crippen LogP contribution in [0.3, 0.4) is 0 Å². The second kappa shape index (κ2) is 5.29. The summed E-state index contributed by atoms with van der Waals surface area (Å²) in [6, 6.07) is 2.51. The van der Waals surface area contributed by atoms with Gasteiger partial charge in [-0.2, -0.15) is 0 Å². The number of nitrogens with one attached hydrogen (secondary N) is 1. The van der Waals surface area contributed by atoms with Gasteiger partial charge in [0.2, 0.25) is 5.91 Å². The summed E-state index contributed by atoms with van der Waals surface area (Å²) in [5.41, 5.74) is 0. The highest BCUT2D eigenvalue weighted by atomic mass is 32.1. The average Bonchev–Trinajstić information content (AvgIpc) is 2.97. The van der Waals surface area contributed by atoms with Gasteiger partial charge in [-0.3, -0.25) is 4.79 Å². The van der Waals surface area contributed by atoms with Crippen LogP contribution in [-0.4, -0.2) is 30.2 Å². The minimum absolute atomic E-state index is 0.225. The molecule has 1 saturated heterocycles. The monoisotopic (exact) mass is 255 g/mol. The summed E-state index contributed by atoms with van der Waals surface area (Å²) >= 11 is 1.32. The molecule has 2 rings (SSSR count). The van der Waals surface area contributed by atoms with Crippen molar-refractivity contribution in [2.24, 2.45) is 5.92 Å². The van der Waals surface area contributed by atoms with E-state index in [9.17, 15) is 9.59 Å². The first-order chi connectivity index (χ1) is 8.18. The molecule has 0 bridgehead atoms. The Hall–Kier alpha value is -1.40. The summed E-state index contributed by atoms with van der Waals surface area (Å²) in [5.74, 6) is -1.51. The molecule has 6 heteroatoms. The van der Waals surface area contributed by atoms with E-state index in [1.165, 1.54) is 11.3 Å². The van der Waals surface area contributed by atoms with E-state index in [2.05, 4.69) is 5.32 Å². The molecular formula is C11H13NO4S. The van der Waals surface area contributed by atoms with Crippen molar-refractivity contribution in [2.45, 2.75) is 12.5 Å². The fourth-order valence-electron chi connectivity index (χ4n) is 1.71. The second-order valence-electron chi connectivity index (χ2n) is 3.86. The maximum Gasteiger partial charge on any atom is 0.331 e. The number of carboxylic acid groups (broad SMARTS) is 1. The molecule has 0 radical (unpaired) electrons. The SMILES string of the molecule is O=C(NC(C(=O)O)c1cccs1)C1CCOC1. The van der Waals surface area contributed by atoms with Crippen LogP contribution in [0.15, 0.2) is 17.5 Å². The Morgan fingerprint density at radius 2 is 2.41 bits per heavy atom. The Labute approximate surface area is 102 Å². The van der Waals surface area contributed by atoms with Crippen LogP contribution in [0.5, 0.6) is 0 Å². The van der Waals surface area contributed by atoms with Gasteiger partial charge in [0, 0.05) is 11.5 Å². The molecule has 1 amide bonds. The van der Waals surface area contributed by atoms with Gasteiger partial charge in [0.05, 0.1) is 12.5 Å². The summed E-state index contributed by atoms with van der Waals surface area (Å²) in [6.07, 6.45) is 0.655. The smallest absolute Gasteiger partial charge is 0.331 e. The van der Waals surface area contributed by atoms with E-state index in [1.54, 1.807) is 17.5 Å². The highest BCUT2D eigenvalue weighted by Crippen LogP contribution is 2.21. The quantitative estimate of drug-likeness (QED) is 0.842. The van der Waals surface area contributed by atoms with Gasteiger partial charge in [-0.1, -0.05) is 6.07 Å². The number of rotatable bonds is 4. The van der Waals surface area contributed by atoms with Gasteiger partial charge in [-0.05, 0) is 17.9 Å². The topological polar surface area (TPSA) is 75.6 Å². The van der Waals surface area contributed by atoms with E-state index in [0.29, 0.717) is 24.5 Å². The van der Waals surface area contributed by atoms with E-state index in [-0.39, 0.29) is 11.8 Å². The second-order valence-corrected chi connectivity index (χ2v) is 4.84. The first kappa shape index (κ1) is 12.1. The highest BCUT2D eigenvalue weighted by Gasteiger charge is 2.29. The van der Waals surface area contributed by atoms with Gasteiger partial charge < -0.3 is 15.2 Å². The molecule has 5 nitrogen and oxygen atoms in total. The third kappa shape index (κ3) is 2.83. The van der Waals surface area contributed by atoms with Gasteiger partial charge in [-0.15, -0.1) is 11.3 Å². The molecule has 1 aromatic heterocycles. The highest BCUT2D eigenvalue weighted by molar-refractivity contribution is 7.10. The lowest BCUT2D eigenvalue weighted by molar-refractivity contribution is -0.142. The Morgan fingerprint density at radius 1 is 1.59 bits per heavy atom. The number of amides is 1. The molecule has 2 atom stereocenters. The van der Waals surface area contributed by atoms with Crippen LogP contribution in [0.2, 0.25) is 0 Å². The Balaban J connectivity index is 2.03. The van der Waals surface area contributed by atoms with Crippen molar-refractivity contribution in [2.75, 3.05) is 13.2 Å². The molecule has 0 aromatic carbocycles. The third-order valence-electron chi connectivity index (χ3n) is 2.66. The standard InChI is InChI=1S/C11H13NO4S/c13-10(7-3-4-16-6-7)12-9(11(14)15)8-2-1-5-17-8/h1-2,5,7,9H,3-4,6H2,(H,12,13)(H,14,15). The van der Waals surface area contributed by atoms with Crippen molar-refractivity contribution in [3.8, 4) is 0 Å². The molecule has 92 valence electrons. The van der Waals surface area contributed by atoms with Crippen LogP contribution in [-0.2, 0) is 14.3 Å². The summed E-state index contributed by atoms with van der Waals surface area (Å²) in [5, 5.41) is 13.4. The van der Waals surface area contributed by atoms with Crippen LogP contribution in [0, 0.1) is 5.92 Å². The first-order valence-corrected chi connectivity index (χ1v) is 6.21. The number of hydrogen-bond acceptors (Lipinski definition) is 4. The average molecular weight is 255 g/mol. The van der Waals surface area contributed by atoms with E-state index < -0.39 is 12.0 Å². The molecule has 2 heterocycles. The molecule has 2 unspecified atom stereocenters. The largest absolute Gasteiger partial charge is 0.479 e. The van der Waals surface area contributed by atoms with Crippen LogP contribution >= 0.6 is 11.3 Å². The van der Waals surface area contributed by atoms with E-state index in [1.807, 2.05) is 0 Å².